The molecule has 134 valence electrons. The van der Waals surface area contributed by atoms with Crippen molar-refractivity contribution in [2.75, 3.05) is 11.9 Å². The lowest BCUT2D eigenvalue weighted by Gasteiger charge is -2.16. The summed E-state index contributed by atoms with van der Waals surface area (Å²) >= 11 is 11.9. The third kappa shape index (κ3) is 6.15. The fourth-order valence-corrected chi connectivity index (χ4v) is 2.41. The van der Waals surface area contributed by atoms with Crippen LogP contribution in [0.3, 0.4) is 0 Å². The van der Waals surface area contributed by atoms with Gasteiger partial charge in [0, 0.05) is 10.7 Å². The van der Waals surface area contributed by atoms with Gasteiger partial charge in [0.2, 0.25) is 0 Å². The van der Waals surface area contributed by atoms with Crippen LogP contribution in [-0.4, -0.2) is 18.6 Å². The number of rotatable bonds is 7. The van der Waals surface area contributed by atoms with E-state index in [9.17, 15) is 4.79 Å². The minimum absolute atomic E-state index is 0.276. The highest BCUT2D eigenvalue weighted by atomic mass is 35.5. The van der Waals surface area contributed by atoms with E-state index in [0.717, 1.165) is 5.75 Å². The smallest absolute Gasteiger partial charge is 0.265 e. The lowest BCUT2D eigenvalue weighted by atomic mass is 10.2. The van der Waals surface area contributed by atoms with Crippen LogP contribution >= 0.6 is 23.2 Å². The van der Waals surface area contributed by atoms with E-state index in [1.807, 2.05) is 12.1 Å². The molecule has 0 aliphatic rings. The molecule has 0 aliphatic heterocycles. The van der Waals surface area contributed by atoms with Crippen LogP contribution in [0.2, 0.25) is 10.0 Å². The Morgan fingerprint density at radius 2 is 1.76 bits per heavy atom. The number of amides is 1. The van der Waals surface area contributed by atoms with Gasteiger partial charge in [-0.15, -0.1) is 0 Å². The first-order chi connectivity index (χ1) is 11.8. The number of carbonyl (C=O) groups excluding carboxylic acids is 1. The lowest BCUT2D eigenvalue weighted by Crippen LogP contribution is -2.30. The van der Waals surface area contributed by atoms with Gasteiger partial charge in [0.15, 0.2) is 6.10 Å². The molecule has 1 N–H and O–H groups in total. The number of hydrogen-bond acceptors (Lipinski definition) is 3. The Morgan fingerprint density at radius 3 is 2.36 bits per heavy atom. The SMILES string of the molecule is CC(C)COc1ccc(NC(=O)C(C)Oc2ccc(Cl)cc2Cl)cc1. The van der Waals surface area contributed by atoms with Crippen molar-refractivity contribution in [3.05, 3.63) is 52.5 Å². The van der Waals surface area contributed by atoms with Gasteiger partial charge in [-0.2, -0.15) is 0 Å². The van der Waals surface area contributed by atoms with Crippen LogP contribution in [0, 0.1) is 5.92 Å². The van der Waals surface area contributed by atoms with Gasteiger partial charge in [-0.05, 0) is 55.3 Å². The zero-order chi connectivity index (χ0) is 18.4. The van der Waals surface area contributed by atoms with Crippen molar-refractivity contribution in [2.24, 2.45) is 5.92 Å². The van der Waals surface area contributed by atoms with E-state index in [0.29, 0.717) is 34.0 Å². The molecule has 0 bridgehead atoms. The molecule has 25 heavy (non-hydrogen) atoms. The summed E-state index contributed by atoms with van der Waals surface area (Å²) in [4.78, 5) is 12.3. The van der Waals surface area contributed by atoms with Gasteiger partial charge in [-0.25, -0.2) is 0 Å². The van der Waals surface area contributed by atoms with Crippen molar-refractivity contribution in [3.63, 3.8) is 0 Å². The summed E-state index contributed by atoms with van der Waals surface area (Å²) < 4.78 is 11.2. The minimum Gasteiger partial charge on any atom is -0.493 e. The molecule has 0 fully saturated rings. The molecule has 2 aromatic carbocycles. The van der Waals surface area contributed by atoms with Gasteiger partial charge < -0.3 is 14.8 Å². The molecule has 0 aromatic heterocycles. The van der Waals surface area contributed by atoms with E-state index in [1.54, 1.807) is 37.3 Å². The largest absolute Gasteiger partial charge is 0.493 e. The standard InChI is InChI=1S/C19H21Cl2NO3/c1-12(2)11-24-16-7-5-15(6-8-16)22-19(23)13(3)25-18-9-4-14(20)10-17(18)21/h4-10,12-13H,11H2,1-3H3,(H,22,23). The third-order valence-corrected chi connectivity index (χ3v) is 3.80. The topological polar surface area (TPSA) is 47.6 Å². The normalized spacial score (nSPS) is 11.9. The van der Waals surface area contributed by atoms with E-state index in [1.165, 1.54) is 0 Å². The molecule has 1 unspecified atom stereocenters. The number of anilines is 1. The van der Waals surface area contributed by atoms with Gasteiger partial charge in [-0.1, -0.05) is 37.0 Å². The first-order valence-corrected chi connectivity index (χ1v) is 8.76. The Kier molecular flexibility index (Phi) is 6.97. The Hall–Kier alpha value is -1.91. The quantitative estimate of drug-likeness (QED) is 0.694. The highest BCUT2D eigenvalue weighted by molar-refractivity contribution is 6.35. The number of carbonyl (C=O) groups is 1. The van der Waals surface area contributed by atoms with Gasteiger partial charge in [0.1, 0.15) is 11.5 Å². The summed E-state index contributed by atoms with van der Waals surface area (Å²) in [6.07, 6.45) is -0.712. The Labute approximate surface area is 158 Å². The number of halogens is 2. The molecule has 0 saturated heterocycles. The average Bonchev–Trinajstić information content (AvgIpc) is 2.56. The van der Waals surface area contributed by atoms with Crippen molar-refractivity contribution in [2.45, 2.75) is 26.9 Å². The average molecular weight is 382 g/mol. The molecule has 0 radical (unpaired) electrons. The van der Waals surface area contributed by atoms with E-state index in [2.05, 4.69) is 19.2 Å². The summed E-state index contributed by atoms with van der Waals surface area (Å²) in [5.74, 6) is 1.36. The highest BCUT2D eigenvalue weighted by Gasteiger charge is 2.16. The van der Waals surface area contributed by atoms with Crippen LogP contribution in [0.5, 0.6) is 11.5 Å². The molecule has 0 spiro atoms. The number of ether oxygens (including phenoxy) is 2. The molecule has 1 amide bonds. The maximum Gasteiger partial charge on any atom is 0.265 e. The molecule has 2 aromatic rings. The number of nitrogens with one attached hydrogen (secondary N) is 1. The summed E-state index contributed by atoms with van der Waals surface area (Å²) in [7, 11) is 0. The molecular weight excluding hydrogens is 361 g/mol. The van der Waals surface area contributed by atoms with Gasteiger partial charge in [-0.3, -0.25) is 4.79 Å². The monoisotopic (exact) mass is 381 g/mol. The summed E-state index contributed by atoms with van der Waals surface area (Å²) in [5.41, 5.74) is 0.666. The molecule has 0 aliphatic carbocycles. The second-order valence-electron chi connectivity index (χ2n) is 6.05. The molecular formula is C19H21Cl2NO3. The maximum absolute atomic E-state index is 12.3. The van der Waals surface area contributed by atoms with Crippen LogP contribution in [0.15, 0.2) is 42.5 Å². The second-order valence-corrected chi connectivity index (χ2v) is 6.90. The number of hydrogen-bond donors (Lipinski definition) is 1. The van der Waals surface area contributed by atoms with Crippen LogP contribution < -0.4 is 14.8 Å². The van der Waals surface area contributed by atoms with Crippen molar-refractivity contribution in [1.82, 2.24) is 0 Å². The minimum atomic E-state index is -0.712. The van der Waals surface area contributed by atoms with Crippen molar-refractivity contribution < 1.29 is 14.3 Å². The zero-order valence-corrected chi connectivity index (χ0v) is 15.9. The van der Waals surface area contributed by atoms with Crippen molar-refractivity contribution >= 4 is 34.8 Å². The van der Waals surface area contributed by atoms with E-state index in [4.69, 9.17) is 32.7 Å². The Morgan fingerprint density at radius 1 is 1.08 bits per heavy atom. The third-order valence-electron chi connectivity index (χ3n) is 3.27. The predicted molar refractivity (Wildman–Crippen MR) is 102 cm³/mol. The molecule has 4 nitrogen and oxygen atoms in total. The zero-order valence-electron chi connectivity index (χ0n) is 14.4. The predicted octanol–water partition coefficient (Wildman–Crippen LogP) is 5.43. The summed E-state index contributed by atoms with van der Waals surface area (Å²) in [5, 5.41) is 3.66. The van der Waals surface area contributed by atoms with Crippen molar-refractivity contribution in [3.8, 4) is 11.5 Å². The fraction of sp³-hybridized carbons (Fsp3) is 0.316. The molecule has 1 atom stereocenters. The highest BCUT2D eigenvalue weighted by Crippen LogP contribution is 2.28. The van der Waals surface area contributed by atoms with Gasteiger partial charge >= 0.3 is 0 Å². The van der Waals surface area contributed by atoms with Gasteiger partial charge in [0.25, 0.3) is 5.91 Å². The fourth-order valence-electron chi connectivity index (χ4n) is 1.96. The first-order valence-electron chi connectivity index (χ1n) is 8.00. The molecule has 0 saturated carbocycles. The Balaban J connectivity index is 1.92. The van der Waals surface area contributed by atoms with Gasteiger partial charge in [0.05, 0.1) is 11.6 Å². The van der Waals surface area contributed by atoms with E-state index < -0.39 is 6.10 Å². The first kappa shape index (κ1) is 19.4. The van der Waals surface area contributed by atoms with Crippen LogP contribution in [0.25, 0.3) is 0 Å². The molecule has 0 heterocycles. The van der Waals surface area contributed by atoms with Crippen LogP contribution in [0.1, 0.15) is 20.8 Å². The van der Waals surface area contributed by atoms with E-state index >= 15 is 0 Å². The second kappa shape index (κ2) is 8.97. The van der Waals surface area contributed by atoms with Crippen LogP contribution in [-0.2, 0) is 4.79 Å². The van der Waals surface area contributed by atoms with Crippen LogP contribution in [0.4, 0.5) is 5.69 Å². The summed E-state index contributed by atoms with van der Waals surface area (Å²) in [6, 6.07) is 12.1. The molecule has 6 heteroatoms. The van der Waals surface area contributed by atoms with Crippen molar-refractivity contribution in [1.29, 1.82) is 0 Å². The number of benzene rings is 2. The lowest BCUT2D eigenvalue weighted by molar-refractivity contribution is -0.122. The molecule has 2 rings (SSSR count). The van der Waals surface area contributed by atoms with E-state index in [-0.39, 0.29) is 5.91 Å². The Bertz CT molecular complexity index is 717. The maximum atomic E-state index is 12.3. The summed E-state index contributed by atoms with van der Waals surface area (Å²) in [6.45, 7) is 6.48.